The lowest BCUT2D eigenvalue weighted by Gasteiger charge is -2.40. The smallest absolute Gasteiger partial charge is 0.237 e. The van der Waals surface area contributed by atoms with Crippen LogP contribution in [0.4, 0.5) is 0 Å². The minimum atomic E-state index is -0.0439. The summed E-state index contributed by atoms with van der Waals surface area (Å²) >= 11 is 0. The van der Waals surface area contributed by atoms with Crippen LogP contribution in [0.25, 0.3) is 0 Å². The molecule has 29 heavy (non-hydrogen) atoms. The van der Waals surface area contributed by atoms with Crippen LogP contribution in [0.2, 0.25) is 0 Å². The Labute approximate surface area is 174 Å². The van der Waals surface area contributed by atoms with Crippen molar-refractivity contribution in [3.63, 3.8) is 0 Å². The Balaban J connectivity index is 1.51. The van der Waals surface area contributed by atoms with Crippen LogP contribution in [-0.2, 0) is 23.2 Å². The van der Waals surface area contributed by atoms with Gasteiger partial charge < -0.3 is 14.4 Å². The number of imidazole rings is 1. The van der Waals surface area contributed by atoms with Crippen molar-refractivity contribution < 1.29 is 9.59 Å². The summed E-state index contributed by atoms with van der Waals surface area (Å²) in [6, 6.07) is 0.191. The van der Waals surface area contributed by atoms with Crippen molar-refractivity contribution in [2.45, 2.75) is 64.6 Å². The standard InChI is InChI=1S/C22H35N5O2/c1-16(2)11-19-18(22(29)26-8-5-4-6-9-26)12-17-13-25(15-21(28)27(17)19)14-20-23-7-10-24(20)3/h7,10,16-19H,4-6,8-9,11-15H2,1-3H3/t17-,18-,19-/m1/s1. The van der Waals surface area contributed by atoms with E-state index in [2.05, 4.69) is 33.5 Å². The topological polar surface area (TPSA) is 61.7 Å². The number of aromatic nitrogens is 2. The van der Waals surface area contributed by atoms with E-state index in [1.165, 1.54) is 6.42 Å². The highest BCUT2D eigenvalue weighted by atomic mass is 16.2. The fourth-order valence-electron chi connectivity index (χ4n) is 5.46. The van der Waals surface area contributed by atoms with Crippen LogP contribution in [0.3, 0.4) is 0 Å². The number of rotatable bonds is 5. The van der Waals surface area contributed by atoms with E-state index < -0.39 is 0 Å². The van der Waals surface area contributed by atoms with E-state index in [9.17, 15) is 9.59 Å². The van der Waals surface area contributed by atoms with Gasteiger partial charge in [0.2, 0.25) is 11.8 Å². The molecule has 0 aromatic carbocycles. The number of carbonyl (C=O) groups excluding carboxylic acids is 2. The minimum absolute atomic E-state index is 0.0439. The van der Waals surface area contributed by atoms with Gasteiger partial charge in [-0.05, 0) is 38.0 Å². The van der Waals surface area contributed by atoms with Crippen molar-refractivity contribution in [3.8, 4) is 0 Å². The Bertz CT molecular complexity index is 739. The monoisotopic (exact) mass is 401 g/mol. The second-order valence-corrected chi connectivity index (χ2v) is 9.50. The molecule has 0 bridgehead atoms. The molecule has 1 aromatic rings. The van der Waals surface area contributed by atoms with Crippen LogP contribution in [-0.4, -0.2) is 74.3 Å². The predicted octanol–water partition coefficient (Wildman–Crippen LogP) is 1.88. The highest BCUT2D eigenvalue weighted by molar-refractivity contribution is 5.85. The van der Waals surface area contributed by atoms with Crippen molar-refractivity contribution >= 4 is 11.8 Å². The van der Waals surface area contributed by atoms with E-state index >= 15 is 0 Å². The summed E-state index contributed by atoms with van der Waals surface area (Å²) < 4.78 is 2.01. The third-order valence-electron chi connectivity index (χ3n) is 6.84. The van der Waals surface area contributed by atoms with Crippen molar-refractivity contribution in [1.82, 2.24) is 24.3 Å². The van der Waals surface area contributed by atoms with Gasteiger partial charge in [0.1, 0.15) is 5.82 Å². The molecule has 7 heteroatoms. The number of likely N-dealkylation sites (tertiary alicyclic amines) is 1. The Morgan fingerprint density at radius 1 is 1.24 bits per heavy atom. The zero-order chi connectivity index (χ0) is 20.5. The Kier molecular flexibility index (Phi) is 5.95. The lowest BCUT2D eigenvalue weighted by atomic mass is 9.90. The molecule has 160 valence electrons. The number of fused-ring (bicyclic) bond motifs is 1. The molecular formula is C22H35N5O2. The summed E-state index contributed by atoms with van der Waals surface area (Å²) in [5.74, 6) is 1.86. The number of carbonyl (C=O) groups is 2. The molecular weight excluding hydrogens is 366 g/mol. The largest absolute Gasteiger partial charge is 0.342 e. The summed E-state index contributed by atoms with van der Waals surface area (Å²) in [6.45, 7) is 8.08. The van der Waals surface area contributed by atoms with Gasteiger partial charge >= 0.3 is 0 Å². The molecule has 0 N–H and O–H groups in total. The van der Waals surface area contributed by atoms with Gasteiger partial charge in [-0.15, -0.1) is 0 Å². The van der Waals surface area contributed by atoms with Gasteiger partial charge in [0.15, 0.2) is 0 Å². The quantitative estimate of drug-likeness (QED) is 0.756. The molecule has 0 aliphatic carbocycles. The van der Waals surface area contributed by atoms with Crippen LogP contribution in [0, 0.1) is 11.8 Å². The molecule has 3 atom stereocenters. The van der Waals surface area contributed by atoms with E-state index in [0.29, 0.717) is 19.0 Å². The molecule has 0 spiro atoms. The third kappa shape index (κ3) is 4.20. The average Bonchev–Trinajstić information content (AvgIpc) is 3.25. The fraction of sp³-hybridized carbons (Fsp3) is 0.773. The first-order chi connectivity index (χ1) is 13.9. The molecule has 4 heterocycles. The van der Waals surface area contributed by atoms with Crippen LogP contribution >= 0.6 is 0 Å². The maximum absolute atomic E-state index is 13.4. The van der Waals surface area contributed by atoms with Gasteiger partial charge in [0.05, 0.1) is 19.0 Å². The number of piperazine rings is 1. The number of amides is 2. The molecule has 2 amide bonds. The van der Waals surface area contributed by atoms with Crippen LogP contribution < -0.4 is 0 Å². The van der Waals surface area contributed by atoms with Gasteiger partial charge in [0, 0.05) is 51.2 Å². The van der Waals surface area contributed by atoms with Gasteiger partial charge in [-0.3, -0.25) is 14.5 Å². The summed E-state index contributed by atoms with van der Waals surface area (Å²) in [6.07, 6.45) is 8.89. The molecule has 3 aliphatic rings. The van der Waals surface area contributed by atoms with Gasteiger partial charge in [-0.1, -0.05) is 13.8 Å². The number of aryl methyl sites for hydroxylation is 1. The Morgan fingerprint density at radius 2 is 2.00 bits per heavy atom. The van der Waals surface area contributed by atoms with Crippen LogP contribution in [0.1, 0.15) is 51.8 Å². The van der Waals surface area contributed by atoms with Crippen LogP contribution in [0.15, 0.2) is 12.4 Å². The van der Waals surface area contributed by atoms with E-state index in [-0.39, 0.29) is 29.8 Å². The predicted molar refractivity (Wildman–Crippen MR) is 111 cm³/mol. The summed E-state index contributed by atoms with van der Waals surface area (Å²) in [5, 5.41) is 0. The lowest BCUT2D eigenvalue weighted by molar-refractivity contribution is -0.142. The van der Waals surface area contributed by atoms with Gasteiger partial charge in [0.25, 0.3) is 0 Å². The first kappa shape index (κ1) is 20.4. The summed E-state index contributed by atoms with van der Waals surface area (Å²) in [4.78, 5) is 37.3. The molecule has 3 saturated heterocycles. The molecule has 0 unspecified atom stereocenters. The van der Waals surface area contributed by atoms with Crippen molar-refractivity contribution in [2.24, 2.45) is 18.9 Å². The third-order valence-corrected chi connectivity index (χ3v) is 6.84. The van der Waals surface area contributed by atoms with Gasteiger partial charge in [-0.25, -0.2) is 4.98 Å². The van der Waals surface area contributed by atoms with Crippen molar-refractivity contribution in [1.29, 1.82) is 0 Å². The SMILES string of the molecule is CC(C)C[C@@H]1[C@H](C(=O)N2CCCCC2)C[C@@H]2CN(Cc3nccn3C)CC(=O)N21. The summed E-state index contributed by atoms with van der Waals surface area (Å²) in [7, 11) is 1.99. The second kappa shape index (κ2) is 8.46. The first-order valence-electron chi connectivity index (χ1n) is 11.2. The second-order valence-electron chi connectivity index (χ2n) is 9.50. The molecule has 1 aromatic heterocycles. The van der Waals surface area contributed by atoms with E-state index in [0.717, 1.165) is 51.1 Å². The van der Waals surface area contributed by atoms with Gasteiger partial charge in [-0.2, -0.15) is 0 Å². The molecule has 3 aliphatic heterocycles. The highest BCUT2D eigenvalue weighted by Crippen LogP contribution is 2.38. The fourth-order valence-corrected chi connectivity index (χ4v) is 5.46. The number of hydrogen-bond donors (Lipinski definition) is 0. The zero-order valence-electron chi connectivity index (χ0n) is 18.1. The molecule has 7 nitrogen and oxygen atoms in total. The number of hydrogen-bond acceptors (Lipinski definition) is 4. The summed E-state index contributed by atoms with van der Waals surface area (Å²) in [5.41, 5.74) is 0. The molecule has 3 fully saturated rings. The zero-order valence-corrected chi connectivity index (χ0v) is 18.1. The Hall–Kier alpha value is -1.89. The number of nitrogens with zero attached hydrogens (tertiary/aromatic N) is 5. The maximum Gasteiger partial charge on any atom is 0.237 e. The van der Waals surface area contributed by atoms with E-state index in [1.807, 2.05) is 17.8 Å². The molecule has 0 saturated carbocycles. The maximum atomic E-state index is 13.4. The lowest BCUT2D eigenvalue weighted by Crippen LogP contribution is -2.56. The molecule has 4 rings (SSSR count). The number of piperidine rings is 1. The van der Waals surface area contributed by atoms with E-state index in [1.54, 1.807) is 6.20 Å². The first-order valence-corrected chi connectivity index (χ1v) is 11.2. The van der Waals surface area contributed by atoms with E-state index in [4.69, 9.17) is 0 Å². The molecule has 0 radical (unpaired) electrons. The van der Waals surface area contributed by atoms with Crippen molar-refractivity contribution in [2.75, 3.05) is 26.2 Å². The van der Waals surface area contributed by atoms with Crippen molar-refractivity contribution in [3.05, 3.63) is 18.2 Å². The Morgan fingerprint density at radius 3 is 2.66 bits per heavy atom. The van der Waals surface area contributed by atoms with Crippen LogP contribution in [0.5, 0.6) is 0 Å². The normalized spacial score (nSPS) is 28.3. The minimum Gasteiger partial charge on any atom is -0.342 e. The average molecular weight is 402 g/mol. The highest BCUT2D eigenvalue weighted by Gasteiger charge is 2.50.